The second-order valence-electron chi connectivity index (χ2n) is 8.46. The van der Waals surface area contributed by atoms with Crippen molar-refractivity contribution in [2.75, 3.05) is 37.4 Å². The lowest BCUT2D eigenvalue weighted by Gasteiger charge is -2.30. The quantitative estimate of drug-likeness (QED) is 0.496. The molecule has 2 aliphatic rings. The highest BCUT2D eigenvalue weighted by Gasteiger charge is 2.42. The lowest BCUT2D eigenvalue weighted by molar-refractivity contribution is 0.191. The summed E-state index contributed by atoms with van der Waals surface area (Å²) < 4.78 is 5.11. The normalized spacial score (nSPS) is 21.8. The van der Waals surface area contributed by atoms with Gasteiger partial charge in [-0.05, 0) is 38.5 Å². The van der Waals surface area contributed by atoms with Crippen molar-refractivity contribution in [3.05, 3.63) is 24.8 Å². The zero-order chi connectivity index (χ0) is 21.5. The maximum absolute atomic E-state index is 9.24. The minimum atomic E-state index is -0.227. The zero-order valence-corrected chi connectivity index (χ0v) is 18.0. The molecule has 0 radical (unpaired) electrons. The van der Waals surface area contributed by atoms with E-state index in [2.05, 4.69) is 42.0 Å². The molecule has 2 fully saturated rings. The molecule has 4 rings (SSSR count). The summed E-state index contributed by atoms with van der Waals surface area (Å²) >= 11 is 0. The van der Waals surface area contributed by atoms with Crippen LogP contribution >= 0.6 is 0 Å². The molecule has 3 N–H and O–H groups in total. The van der Waals surface area contributed by atoms with Gasteiger partial charge in [0.1, 0.15) is 24.3 Å². The third-order valence-corrected chi connectivity index (χ3v) is 6.11. The van der Waals surface area contributed by atoms with Gasteiger partial charge in [-0.1, -0.05) is 0 Å². The van der Waals surface area contributed by atoms with Gasteiger partial charge >= 0.3 is 0 Å². The fourth-order valence-electron chi connectivity index (χ4n) is 3.93. The molecule has 2 aliphatic carbocycles. The summed E-state index contributed by atoms with van der Waals surface area (Å²) in [5.74, 6) is 1.52. The number of nitrogens with one attached hydrogen (secondary N) is 3. The fraction of sp³-hybridized carbons (Fsp3) is 0.591. The van der Waals surface area contributed by atoms with Gasteiger partial charge in [0.2, 0.25) is 0 Å². The summed E-state index contributed by atoms with van der Waals surface area (Å²) in [5, 5.41) is 19.6. The number of nitriles is 1. The van der Waals surface area contributed by atoms with E-state index in [9.17, 15) is 5.26 Å². The molecule has 9 nitrogen and oxygen atoms in total. The van der Waals surface area contributed by atoms with E-state index < -0.39 is 0 Å². The topological polar surface area (TPSA) is 121 Å². The molecule has 0 unspecified atom stereocenters. The Morgan fingerprint density at radius 1 is 1.00 bits per heavy atom. The van der Waals surface area contributed by atoms with E-state index in [1.165, 1.54) is 6.33 Å². The zero-order valence-electron chi connectivity index (χ0n) is 18.0. The van der Waals surface area contributed by atoms with Crippen LogP contribution in [-0.2, 0) is 4.74 Å². The molecule has 0 saturated heterocycles. The van der Waals surface area contributed by atoms with E-state index in [1.807, 2.05) is 12.1 Å². The molecular weight excluding hydrogens is 392 g/mol. The Kier molecular flexibility index (Phi) is 6.89. The van der Waals surface area contributed by atoms with Crippen LogP contribution in [0.5, 0.6) is 0 Å². The molecule has 0 atom stereocenters. The van der Waals surface area contributed by atoms with Crippen LogP contribution in [0.4, 0.5) is 11.6 Å². The van der Waals surface area contributed by atoms with E-state index in [1.54, 1.807) is 13.4 Å². The second kappa shape index (κ2) is 9.98. The van der Waals surface area contributed by atoms with Gasteiger partial charge in [-0.15, -0.1) is 0 Å². The van der Waals surface area contributed by atoms with E-state index in [4.69, 9.17) is 4.74 Å². The molecular formula is C22H30N8O. The Morgan fingerprint density at radius 2 is 1.65 bits per heavy atom. The predicted octanol–water partition coefficient (Wildman–Crippen LogP) is 2.61. The summed E-state index contributed by atoms with van der Waals surface area (Å²) in [7, 11) is 1.73. The van der Waals surface area contributed by atoms with Crippen LogP contribution in [0.3, 0.4) is 0 Å². The summed E-state index contributed by atoms with van der Waals surface area (Å²) in [6.45, 7) is 2.27. The summed E-state index contributed by atoms with van der Waals surface area (Å²) in [5.41, 5.74) is 1.25. The van der Waals surface area contributed by atoms with E-state index >= 15 is 0 Å². The van der Waals surface area contributed by atoms with Crippen LogP contribution in [0.15, 0.2) is 24.8 Å². The molecule has 2 aromatic rings. The molecule has 0 amide bonds. The van der Waals surface area contributed by atoms with Gasteiger partial charge in [0.15, 0.2) is 0 Å². The molecule has 0 spiro atoms. The summed E-state index contributed by atoms with van der Waals surface area (Å²) in [6, 6.07) is 7.17. The van der Waals surface area contributed by atoms with E-state index in [-0.39, 0.29) is 5.41 Å². The van der Waals surface area contributed by atoms with E-state index in [0.29, 0.717) is 24.4 Å². The third-order valence-electron chi connectivity index (χ3n) is 6.11. The molecule has 2 aromatic heterocycles. The van der Waals surface area contributed by atoms with Gasteiger partial charge < -0.3 is 20.7 Å². The number of ether oxygens (including phenoxy) is 1. The van der Waals surface area contributed by atoms with Gasteiger partial charge in [-0.3, -0.25) is 0 Å². The first kappa shape index (κ1) is 21.4. The third kappa shape index (κ3) is 5.87. The monoisotopic (exact) mass is 422 g/mol. The molecule has 0 bridgehead atoms. The molecule has 164 valence electrons. The molecule has 2 saturated carbocycles. The number of anilines is 2. The molecule has 9 heteroatoms. The van der Waals surface area contributed by atoms with Crippen molar-refractivity contribution in [1.82, 2.24) is 25.3 Å². The van der Waals surface area contributed by atoms with Gasteiger partial charge in [-0.2, -0.15) is 5.26 Å². The Morgan fingerprint density at radius 3 is 2.29 bits per heavy atom. The number of hydrogen-bond donors (Lipinski definition) is 3. The highest BCUT2D eigenvalue weighted by molar-refractivity contribution is 5.61. The van der Waals surface area contributed by atoms with Crippen molar-refractivity contribution in [3.8, 4) is 17.5 Å². The van der Waals surface area contributed by atoms with Gasteiger partial charge in [0.25, 0.3) is 0 Å². The number of hydrogen-bond acceptors (Lipinski definition) is 9. The first-order valence-corrected chi connectivity index (χ1v) is 11.0. The number of aromatic nitrogens is 4. The van der Waals surface area contributed by atoms with Crippen molar-refractivity contribution in [1.29, 1.82) is 5.26 Å². The van der Waals surface area contributed by atoms with E-state index in [0.717, 1.165) is 68.9 Å². The smallest absolute Gasteiger partial charge is 0.130 e. The lowest BCUT2D eigenvalue weighted by atomic mass is 9.91. The van der Waals surface area contributed by atoms with Crippen molar-refractivity contribution in [2.24, 2.45) is 5.41 Å². The average Bonchev–Trinajstić information content (AvgIpc) is 3.60. The standard InChI is InChI=1S/C22H30N8O/c1-31-9-8-24-16-2-4-17(5-3-16)30-21-11-19(27-15-29-21)18-10-20(28-14-26-18)25-13-22(12-23)6-7-22/h10-11,14-17,24H,2-9,13H2,1H3,(H,25,26,28)(H,27,29,30). The minimum Gasteiger partial charge on any atom is -0.383 e. The van der Waals surface area contributed by atoms with Crippen LogP contribution in [0.25, 0.3) is 11.4 Å². The maximum atomic E-state index is 9.24. The SMILES string of the molecule is COCCNC1CCC(Nc2cc(-c3cc(NCC4(C#N)CC4)ncn3)ncn2)CC1. The number of nitrogens with zero attached hydrogens (tertiary/aromatic N) is 5. The molecule has 0 aliphatic heterocycles. The Balaban J connectivity index is 1.32. The Bertz CT molecular complexity index is 902. The van der Waals surface area contributed by atoms with Crippen molar-refractivity contribution < 1.29 is 4.74 Å². The van der Waals surface area contributed by atoms with Gasteiger partial charge in [0.05, 0.1) is 29.5 Å². The molecule has 2 heterocycles. The largest absolute Gasteiger partial charge is 0.383 e. The predicted molar refractivity (Wildman–Crippen MR) is 118 cm³/mol. The molecule has 31 heavy (non-hydrogen) atoms. The lowest BCUT2D eigenvalue weighted by Crippen LogP contribution is -2.38. The fourth-order valence-corrected chi connectivity index (χ4v) is 3.93. The first-order chi connectivity index (χ1) is 15.2. The Hall–Kier alpha value is -2.83. The highest BCUT2D eigenvalue weighted by Crippen LogP contribution is 2.44. The number of methoxy groups -OCH3 is 1. The highest BCUT2D eigenvalue weighted by atomic mass is 16.5. The maximum Gasteiger partial charge on any atom is 0.130 e. The van der Waals surface area contributed by atoms with Crippen LogP contribution in [-0.4, -0.2) is 58.8 Å². The second-order valence-corrected chi connectivity index (χ2v) is 8.46. The van der Waals surface area contributed by atoms with Gasteiger partial charge in [0, 0.05) is 44.4 Å². The summed E-state index contributed by atoms with van der Waals surface area (Å²) in [6.07, 6.45) is 9.48. The molecule has 0 aromatic carbocycles. The van der Waals surface area contributed by atoms with Gasteiger partial charge in [-0.25, -0.2) is 19.9 Å². The average molecular weight is 423 g/mol. The van der Waals surface area contributed by atoms with Crippen molar-refractivity contribution in [3.63, 3.8) is 0 Å². The van der Waals surface area contributed by atoms with Crippen molar-refractivity contribution >= 4 is 11.6 Å². The van der Waals surface area contributed by atoms with Crippen LogP contribution in [0.2, 0.25) is 0 Å². The number of rotatable bonds is 10. The Labute approximate surface area is 183 Å². The first-order valence-electron chi connectivity index (χ1n) is 11.0. The van der Waals surface area contributed by atoms with Crippen LogP contribution in [0, 0.1) is 16.7 Å². The minimum absolute atomic E-state index is 0.227. The van der Waals surface area contributed by atoms with Crippen LogP contribution in [0.1, 0.15) is 38.5 Å². The van der Waals surface area contributed by atoms with Crippen LogP contribution < -0.4 is 16.0 Å². The van der Waals surface area contributed by atoms with Crippen molar-refractivity contribution in [2.45, 2.75) is 50.6 Å². The summed E-state index contributed by atoms with van der Waals surface area (Å²) in [4.78, 5) is 17.4.